The maximum Gasteiger partial charge on any atom is 0.270 e. The lowest BCUT2D eigenvalue weighted by Gasteiger charge is -2.28. The monoisotopic (exact) mass is 354 g/mol. The standard InChI is InChI=1S/C20H26N4O2/c1-15(2)24(13-16-7-4-3-5-8-16)19-11-18(22-14-23-19)20(25)21-12-17-9-6-10-26-17/h3-5,7-8,11,14-15,17H,6,9-10,12-13H2,1-2H3,(H,21,25). The predicted molar refractivity (Wildman–Crippen MR) is 101 cm³/mol. The number of nitrogens with one attached hydrogen (secondary N) is 1. The minimum absolute atomic E-state index is 0.116. The maximum absolute atomic E-state index is 12.4. The summed E-state index contributed by atoms with van der Waals surface area (Å²) in [6.07, 6.45) is 3.62. The smallest absolute Gasteiger partial charge is 0.270 e. The van der Waals surface area contributed by atoms with Crippen molar-refractivity contribution in [2.45, 2.75) is 45.4 Å². The third-order valence-electron chi connectivity index (χ3n) is 4.51. The highest BCUT2D eigenvalue weighted by Crippen LogP contribution is 2.18. The fourth-order valence-electron chi connectivity index (χ4n) is 3.04. The largest absolute Gasteiger partial charge is 0.376 e. The van der Waals surface area contributed by atoms with E-state index in [1.165, 1.54) is 11.9 Å². The first-order valence-corrected chi connectivity index (χ1v) is 9.16. The van der Waals surface area contributed by atoms with Gasteiger partial charge in [-0.1, -0.05) is 30.3 Å². The predicted octanol–water partition coefficient (Wildman–Crippen LogP) is 2.80. The van der Waals surface area contributed by atoms with E-state index >= 15 is 0 Å². The molecule has 6 heteroatoms. The molecule has 0 spiro atoms. The lowest BCUT2D eigenvalue weighted by molar-refractivity contribution is 0.0853. The van der Waals surface area contributed by atoms with Crippen LogP contribution in [0, 0.1) is 0 Å². The van der Waals surface area contributed by atoms with Gasteiger partial charge in [-0.2, -0.15) is 0 Å². The first-order valence-electron chi connectivity index (χ1n) is 9.16. The minimum Gasteiger partial charge on any atom is -0.376 e. The number of carbonyl (C=O) groups is 1. The molecule has 1 aliphatic heterocycles. The van der Waals surface area contributed by atoms with E-state index in [9.17, 15) is 4.79 Å². The van der Waals surface area contributed by atoms with Gasteiger partial charge in [0.1, 0.15) is 17.8 Å². The lowest BCUT2D eigenvalue weighted by atomic mass is 10.2. The molecule has 1 atom stereocenters. The molecular weight excluding hydrogens is 328 g/mol. The summed E-state index contributed by atoms with van der Waals surface area (Å²) in [5.41, 5.74) is 1.58. The summed E-state index contributed by atoms with van der Waals surface area (Å²) in [4.78, 5) is 23.1. The molecule has 138 valence electrons. The molecule has 26 heavy (non-hydrogen) atoms. The highest BCUT2D eigenvalue weighted by atomic mass is 16.5. The first-order chi connectivity index (χ1) is 12.6. The maximum atomic E-state index is 12.4. The quantitative estimate of drug-likeness (QED) is 0.828. The van der Waals surface area contributed by atoms with Crippen molar-refractivity contribution >= 4 is 11.7 Å². The van der Waals surface area contributed by atoms with Crippen molar-refractivity contribution in [2.75, 3.05) is 18.1 Å². The van der Waals surface area contributed by atoms with Crippen LogP contribution >= 0.6 is 0 Å². The number of amides is 1. The van der Waals surface area contributed by atoms with Crippen molar-refractivity contribution in [3.63, 3.8) is 0 Å². The molecule has 0 saturated carbocycles. The molecule has 1 amide bonds. The van der Waals surface area contributed by atoms with E-state index in [1.54, 1.807) is 6.07 Å². The fourth-order valence-corrected chi connectivity index (χ4v) is 3.04. The van der Waals surface area contributed by atoms with E-state index < -0.39 is 0 Å². The second-order valence-corrected chi connectivity index (χ2v) is 6.81. The molecule has 3 rings (SSSR count). The Hall–Kier alpha value is -2.47. The van der Waals surface area contributed by atoms with E-state index in [4.69, 9.17) is 4.74 Å². The summed E-state index contributed by atoms with van der Waals surface area (Å²) in [5.74, 6) is 0.564. The number of benzene rings is 1. The van der Waals surface area contributed by atoms with Gasteiger partial charge in [-0.15, -0.1) is 0 Å². The molecule has 0 radical (unpaired) electrons. The van der Waals surface area contributed by atoms with Crippen molar-refractivity contribution in [2.24, 2.45) is 0 Å². The zero-order chi connectivity index (χ0) is 18.4. The van der Waals surface area contributed by atoms with Gasteiger partial charge >= 0.3 is 0 Å². The highest BCUT2D eigenvalue weighted by Gasteiger charge is 2.19. The Morgan fingerprint density at radius 1 is 1.31 bits per heavy atom. The van der Waals surface area contributed by atoms with Crippen LogP contribution in [-0.4, -0.2) is 41.2 Å². The molecule has 0 aliphatic carbocycles. The normalized spacial score (nSPS) is 16.7. The summed E-state index contributed by atoms with van der Waals surface area (Å²) in [6.45, 7) is 6.26. The van der Waals surface area contributed by atoms with Crippen LogP contribution in [0.25, 0.3) is 0 Å². The summed E-state index contributed by atoms with van der Waals surface area (Å²) < 4.78 is 5.54. The van der Waals surface area contributed by atoms with Crippen LogP contribution < -0.4 is 10.2 Å². The summed E-state index contributed by atoms with van der Waals surface area (Å²) >= 11 is 0. The Kier molecular flexibility index (Phi) is 6.17. The number of rotatable bonds is 7. The number of nitrogens with zero attached hydrogens (tertiary/aromatic N) is 3. The molecule has 1 unspecified atom stereocenters. The average molecular weight is 354 g/mol. The fraction of sp³-hybridized carbons (Fsp3) is 0.450. The molecule has 0 bridgehead atoms. The Morgan fingerprint density at radius 3 is 2.81 bits per heavy atom. The molecule has 1 aromatic carbocycles. The van der Waals surface area contributed by atoms with Crippen molar-refractivity contribution in [3.05, 3.63) is 54.0 Å². The zero-order valence-electron chi connectivity index (χ0n) is 15.4. The van der Waals surface area contributed by atoms with Crippen LogP contribution in [0.1, 0.15) is 42.7 Å². The minimum atomic E-state index is -0.187. The molecular formula is C20H26N4O2. The van der Waals surface area contributed by atoms with Gasteiger partial charge in [0.15, 0.2) is 0 Å². The molecule has 1 saturated heterocycles. The number of hydrogen-bond acceptors (Lipinski definition) is 5. The molecule has 1 fully saturated rings. The summed E-state index contributed by atoms with van der Waals surface area (Å²) in [7, 11) is 0. The number of carbonyl (C=O) groups excluding carboxylic acids is 1. The van der Waals surface area contributed by atoms with Crippen molar-refractivity contribution < 1.29 is 9.53 Å². The van der Waals surface area contributed by atoms with E-state index in [2.05, 4.69) is 46.2 Å². The van der Waals surface area contributed by atoms with Crippen LogP contribution in [-0.2, 0) is 11.3 Å². The molecule has 1 aliphatic rings. The third kappa shape index (κ3) is 4.79. The number of hydrogen-bond donors (Lipinski definition) is 1. The van der Waals surface area contributed by atoms with Gasteiger partial charge < -0.3 is 15.0 Å². The Balaban J connectivity index is 1.70. The van der Waals surface area contributed by atoms with Crippen LogP contribution in [0.2, 0.25) is 0 Å². The molecule has 2 aromatic rings. The molecule has 2 heterocycles. The van der Waals surface area contributed by atoms with Gasteiger partial charge in [-0.3, -0.25) is 4.79 Å². The van der Waals surface area contributed by atoms with Crippen molar-refractivity contribution in [1.82, 2.24) is 15.3 Å². The van der Waals surface area contributed by atoms with Gasteiger partial charge in [0, 0.05) is 31.8 Å². The molecule has 6 nitrogen and oxygen atoms in total. The SMILES string of the molecule is CC(C)N(Cc1ccccc1)c1cc(C(=O)NCC2CCCO2)ncn1. The van der Waals surface area contributed by atoms with Crippen LogP contribution in [0.3, 0.4) is 0 Å². The lowest BCUT2D eigenvalue weighted by Crippen LogP contribution is -2.33. The zero-order valence-corrected chi connectivity index (χ0v) is 15.4. The van der Waals surface area contributed by atoms with Crippen molar-refractivity contribution in [3.8, 4) is 0 Å². The van der Waals surface area contributed by atoms with Crippen LogP contribution in [0.5, 0.6) is 0 Å². The van der Waals surface area contributed by atoms with E-state index in [0.29, 0.717) is 12.2 Å². The van der Waals surface area contributed by atoms with Crippen molar-refractivity contribution in [1.29, 1.82) is 0 Å². The van der Waals surface area contributed by atoms with Gasteiger partial charge in [-0.05, 0) is 32.3 Å². The second-order valence-electron chi connectivity index (χ2n) is 6.81. The van der Waals surface area contributed by atoms with Gasteiger partial charge in [0.2, 0.25) is 0 Å². The average Bonchev–Trinajstić information content (AvgIpc) is 3.18. The van der Waals surface area contributed by atoms with Gasteiger partial charge in [0.25, 0.3) is 5.91 Å². The number of anilines is 1. The van der Waals surface area contributed by atoms with Crippen LogP contribution in [0.4, 0.5) is 5.82 Å². The van der Waals surface area contributed by atoms with Crippen LogP contribution in [0.15, 0.2) is 42.7 Å². The van der Waals surface area contributed by atoms with E-state index in [-0.39, 0.29) is 18.1 Å². The second kappa shape index (κ2) is 8.76. The molecule has 1 aromatic heterocycles. The van der Waals surface area contributed by atoms with E-state index in [1.807, 2.05) is 18.2 Å². The topological polar surface area (TPSA) is 67.4 Å². The summed E-state index contributed by atoms with van der Waals surface area (Å²) in [6, 6.07) is 12.2. The first kappa shape index (κ1) is 18.3. The van der Waals surface area contributed by atoms with E-state index in [0.717, 1.165) is 31.8 Å². The Labute approximate surface area is 154 Å². The molecule has 1 N–H and O–H groups in total. The Bertz CT molecular complexity index is 715. The van der Waals surface area contributed by atoms with Gasteiger partial charge in [-0.25, -0.2) is 9.97 Å². The highest BCUT2D eigenvalue weighted by molar-refractivity contribution is 5.92. The Morgan fingerprint density at radius 2 is 2.12 bits per heavy atom. The summed E-state index contributed by atoms with van der Waals surface area (Å²) in [5, 5.41) is 2.91. The van der Waals surface area contributed by atoms with Gasteiger partial charge in [0.05, 0.1) is 6.10 Å². The number of ether oxygens (including phenoxy) is 1. The third-order valence-corrected chi connectivity index (χ3v) is 4.51. The number of aromatic nitrogens is 2.